The highest BCUT2D eigenvalue weighted by Gasteiger charge is 2.23. The predicted molar refractivity (Wildman–Crippen MR) is 116 cm³/mol. The number of amides is 2. The van der Waals surface area contributed by atoms with Gasteiger partial charge in [-0.3, -0.25) is 9.59 Å². The summed E-state index contributed by atoms with van der Waals surface area (Å²) < 4.78 is 0. The van der Waals surface area contributed by atoms with E-state index in [0.29, 0.717) is 16.8 Å². The number of piperidine rings is 1. The second-order valence-electron chi connectivity index (χ2n) is 7.15. The number of benzene rings is 2. The first kappa shape index (κ1) is 19.6. The van der Waals surface area contributed by atoms with E-state index in [1.165, 1.54) is 0 Å². The van der Waals surface area contributed by atoms with Crippen LogP contribution in [0, 0.1) is 0 Å². The molecule has 2 N–H and O–H groups in total. The van der Waals surface area contributed by atoms with Crippen LogP contribution in [0.25, 0.3) is 0 Å². The van der Waals surface area contributed by atoms with E-state index >= 15 is 0 Å². The van der Waals surface area contributed by atoms with Gasteiger partial charge in [0.2, 0.25) is 5.95 Å². The van der Waals surface area contributed by atoms with Crippen molar-refractivity contribution in [3.63, 3.8) is 0 Å². The maximum Gasteiger partial charge on any atom is 0.255 e. The molecule has 7 heteroatoms. The first-order valence-corrected chi connectivity index (χ1v) is 9.99. The number of rotatable bonds is 5. The number of aromatic nitrogens is 2. The zero-order chi connectivity index (χ0) is 20.8. The molecule has 1 aromatic heterocycles. The van der Waals surface area contributed by atoms with Gasteiger partial charge in [-0.05, 0) is 43.2 Å². The van der Waals surface area contributed by atoms with Crippen molar-refractivity contribution in [2.24, 2.45) is 0 Å². The minimum atomic E-state index is -0.244. The van der Waals surface area contributed by atoms with Crippen LogP contribution < -0.4 is 15.5 Å². The Morgan fingerprint density at radius 3 is 2.23 bits per heavy atom. The van der Waals surface area contributed by atoms with Gasteiger partial charge in [-0.25, -0.2) is 9.97 Å². The fraction of sp³-hybridized carbons (Fsp3) is 0.217. The fourth-order valence-electron chi connectivity index (χ4n) is 3.52. The molecule has 4 rings (SSSR count). The molecule has 0 spiro atoms. The molecule has 7 nitrogen and oxygen atoms in total. The molecule has 1 saturated heterocycles. The summed E-state index contributed by atoms with van der Waals surface area (Å²) in [5, 5.41) is 5.95. The Morgan fingerprint density at radius 2 is 1.50 bits per heavy atom. The Morgan fingerprint density at radius 1 is 0.833 bits per heavy atom. The summed E-state index contributed by atoms with van der Waals surface area (Å²) in [6.07, 6.45) is 5.08. The standard InChI is InChI=1S/C23H23N5O2/c29-21(17-7-2-1-3-8-17)27-20-10-5-4-9-19(20)22(30)26-18-11-15-28(16-12-18)23-24-13-6-14-25-23/h1-10,13-14,18H,11-12,15-16H2,(H,26,30)(H,27,29). The molecule has 0 aliphatic carbocycles. The van der Waals surface area contributed by atoms with Crippen LogP contribution in [0.4, 0.5) is 11.6 Å². The van der Waals surface area contributed by atoms with Gasteiger partial charge in [0.15, 0.2) is 0 Å². The molecule has 0 radical (unpaired) electrons. The summed E-state index contributed by atoms with van der Waals surface area (Å²) >= 11 is 0. The number of para-hydroxylation sites is 1. The molecule has 2 heterocycles. The van der Waals surface area contributed by atoms with E-state index in [1.54, 1.807) is 67.0 Å². The third-order valence-electron chi connectivity index (χ3n) is 5.12. The van der Waals surface area contributed by atoms with Crippen molar-refractivity contribution in [1.82, 2.24) is 15.3 Å². The minimum absolute atomic E-state index is 0.0651. The van der Waals surface area contributed by atoms with Gasteiger partial charge < -0.3 is 15.5 Å². The molecule has 152 valence electrons. The average Bonchev–Trinajstić information content (AvgIpc) is 2.81. The van der Waals surface area contributed by atoms with Crippen molar-refractivity contribution >= 4 is 23.5 Å². The lowest BCUT2D eigenvalue weighted by Crippen LogP contribution is -2.45. The Balaban J connectivity index is 1.38. The first-order chi connectivity index (χ1) is 14.7. The number of nitrogens with zero attached hydrogens (tertiary/aromatic N) is 3. The molecule has 1 aliphatic heterocycles. The number of hydrogen-bond acceptors (Lipinski definition) is 5. The molecular weight excluding hydrogens is 378 g/mol. The quantitative estimate of drug-likeness (QED) is 0.686. The summed E-state index contributed by atoms with van der Waals surface area (Å²) in [6, 6.07) is 17.9. The molecule has 0 bridgehead atoms. The highest BCUT2D eigenvalue weighted by molar-refractivity contribution is 6.09. The molecule has 0 atom stereocenters. The third-order valence-corrected chi connectivity index (χ3v) is 5.12. The molecule has 2 amide bonds. The molecule has 3 aromatic rings. The van der Waals surface area contributed by atoms with Crippen molar-refractivity contribution in [3.05, 3.63) is 84.2 Å². The van der Waals surface area contributed by atoms with Crippen molar-refractivity contribution in [2.45, 2.75) is 18.9 Å². The maximum absolute atomic E-state index is 12.9. The van der Waals surface area contributed by atoms with Gasteiger partial charge in [0.1, 0.15) is 0 Å². The van der Waals surface area contributed by atoms with Crippen LogP contribution in [0.2, 0.25) is 0 Å². The zero-order valence-corrected chi connectivity index (χ0v) is 16.5. The van der Waals surface area contributed by atoms with Gasteiger partial charge >= 0.3 is 0 Å². The summed E-state index contributed by atoms with van der Waals surface area (Å²) in [4.78, 5) is 36.1. The lowest BCUT2D eigenvalue weighted by atomic mass is 10.0. The van der Waals surface area contributed by atoms with Gasteiger partial charge in [0, 0.05) is 37.1 Å². The highest BCUT2D eigenvalue weighted by Crippen LogP contribution is 2.19. The van der Waals surface area contributed by atoms with E-state index in [-0.39, 0.29) is 17.9 Å². The third kappa shape index (κ3) is 4.63. The predicted octanol–water partition coefficient (Wildman–Crippen LogP) is 3.13. The average molecular weight is 401 g/mol. The maximum atomic E-state index is 12.9. The number of carbonyl (C=O) groups is 2. The van der Waals surface area contributed by atoms with Crippen molar-refractivity contribution in [3.8, 4) is 0 Å². The Labute approximate surface area is 175 Å². The Kier molecular flexibility index (Phi) is 5.98. The summed E-state index contributed by atoms with van der Waals surface area (Å²) in [5.41, 5.74) is 1.50. The van der Waals surface area contributed by atoms with Crippen LogP contribution in [0.1, 0.15) is 33.6 Å². The first-order valence-electron chi connectivity index (χ1n) is 9.99. The number of anilines is 2. The number of nitrogens with one attached hydrogen (secondary N) is 2. The lowest BCUT2D eigenvalue weighted by molar-refractivity contribution is 0.0932. The smallest absolute Gasteiger partial charge is 0.255 e. The van der Waals surface area contributed by atoms with Crippen LogP contribution in [-0.4, -0.2) is 40.9 Å². The second-order valence-corrected chi connectivity index (χ2v) is 7.15. The Bertz CT molecular complexity index is 1000. The van der Waals surface area contributed by atoms with Crippen LogP contribution in [0.5, 0.6) is 0 Å². The van der Waals surface area contributed by atoms with E-state index in [2.05, 4.69) is 25.5 Å². The van der Waals surface area contributed by atoms with E-state index in [1.807, 2.05) is 6.07 Å². The monoisotopic (exact) mass is 401 g/mol. The van der Waals surface area contributed by atoms with E-state index in [0.717, 1.165) is 31.9 Å². The fourth-order valence-corrected chi connectivity index (χ4v) is 3.52. The van der Waals surface area contributed by atoms with E-state index < -0.39 is 0 Å². The molecule has 30 heavy (non-hydrogen) atoms. The molecular formula is C23H23N5O2. The van der Waals surface area contributed by atoms with Gasteiger partial charge in [-0.15, -0.1) is 0 Å². The van der Waals surface area contributed by atoms with Crippen LogP contribution in [-0.2, 0) is 0 Å². The van der Waals surface area contributed by atoms with E-state index in [9.17, 15) is 9.59 Å². The van der Waals surface area contributed by atoms with Crippen LogP contribution in [0.3, 0.4) is 0 Å². The van der Waals surface area contributed by atoms with Gasteiger partial charge in [-0.1, -0.05) is 30.3 Å². The van der Waals surface area contributed by atoms with Gasteiger partial charge in [0.05, 0.1) is 11.3 Å². The van der Waals surface area contributed by atoms with Crippen molar-refractivity contribution < 1.29 is 9.59 Å². The van der Waals surface area contributed by atoms with E-state index in [4.69, 9.17) is 0 Å². The van der Waals surface area contributed by atoms with Gasteiger partial charge in [-0.2, -0.15) is 0 Å². The normalized spacial score (nSPS) is 14.2. The minimum Gasteiger partial charge on any atom is -0.349 e. The van der Waals surface area contributed by atoms with Crippen LogP contribution in [0.15, 0.2) is 73.1 Å². The second kappa shape index (κ2) is 9.17. The molecule has 2 aromatic carbocycles. The number of hydrogen-bond donors (Lipinski definition) is 2. The molecule has 1 fully saturated rings. The highest BCUT2D eigenvalue weighted by atomic mass is 16.2. The topological polar surface area (TPSA) is 87.2 Å². The molecule has 0 saturated carbocycles. The summed E-state index contributed by atoms with van der Waals surface area (Å²) in [5.74, 6) is 0.289. The molecule has 0 unspecified atom stereocenters. The number of carbonyl (C=O) groups excluding carboxylic acids is 2. The van der Waals surface area contributed by atoms with Gasteiger partial charge in [0.25, 0.3) is 11.8 Å². The van der Waals surface area contributed by atoms with Crippen LogP contribution >= 0.6 is 0 Å². The SMILES string of the molecule is O=C(Nc1ccccc1C(=O)NC1CCN(c2ncccn2)CC1)c1ccccc1. The summed E-state index contributed by atoms with van der Waals surface area (Å²) in [7, 11) is 0. The van der Waals surface area contributed by atoms with Crippen molar-refractivity contribution in [1.29, 1.82) is 0 Å². The lowest BCUT2D eigenvalue weighted by Gasteiger charge is -2.32. The molecule has 1 aliphatic rings. The Hall–Kier alpha value is -3.74. The van der Waals surface area contributed by atoms with Crippen molar-refractivity contribution in [2.75, 3.05) is 23.3 Å². The summed E-state index contributed by atoms with van der Waals surface area (Å²) in [6.45, 7) is 1.56. The zero-order valence-electron chi connectivity index (χ0n) is 16.5. The largest absolute Gasteiger partial charge is 0.349 e.